The zero-order valence-electron chi connectivity index (χ0n) is 18.9. The molecule has 3 N–H and O–H groups in total. The quantitative estimate of drug-likeness (QED) is 0.372. The Hall–Kier alpha value is -4.27. The van der Waals surface area contributed by atoms with E-state index < -0.39 is 17.7 Å². The number of rotatable bonds is 5. The van der Waals surface area contributed by atoms with Crippen molar-refractivity contribution < 1.29 is 13.6 Å². The monoisotopic (exact) mass is 463 g/mol. The maximum Gasteiger partial charge on any atom is 0.323 e. The van der Waals surface area contributed by atoms with E-state index in [-0.39, 0.29) is 16.9 Å². The maximum absolute atomic E-state index is 14.7. The van der Waals surface area contributed by atoms with Crippen LogP contribution in [0.1, 0.15) is 12.5 Å². The van der Waals surface area contributed by atoms with Crippen molar-refractivity contribution in [3.8, 4) is 11.1 Å². The van der Waals surface area contributed by atoms with Crippen LogP contribution in [0.4, 0.5) is 30.8 Å². The number of amides is 2. The SMILES string of the molecule is CCn1c(=O)c(-c2cc(NC(=O)Nc3ccccc3F)c(F)cc2C)cc2cnc(NC)cc21. The van der Waals surface area contributed by atoms with E-state index in [4.69, 9.17) is 0 Å². The van der Waals surface area contributed by atoms with Crippen molar-refractivity contribution in [2.45, 2.75) is 20.4 Å². The molecule has 0 radical (unpaired) electrons. The zero-order valence-corrected chi connectivity index (χ0v) is 18.9. The molecule has 0 aliphatic carbocycles. The fourth-order valence-electron chi connectivity index (χ4n) is 3.81. The molecule has 4 aromatic rings. The number of para-hydroxylation sites is 1. The number of aryl methyl sites for hydroxylation is 2. The molecular weight excluding hydrogens is 440 g/mol. The molecule has 0 atom stereocenters. The number of carbonyl (C=O) groups excluding carboxylic acids is 1. The summed E-state index contributed by atoms with van der Waals surface area (Å²) >= 11 is 0. The van der Waals surface area contributed by atoms with E-state index in [1.807, 2.05) is 6.92 Å². The van der Waals surface area contributed by atoms with Crippen LogP contribution in [0.3, 0.4) is 0 Å². The summed E-state index contributed by atoms with van der Waals surface area (Å²) < 4.78 is 30.1. The molecule has 0 aliphatic rings. The number of benzene rings is 2. The highest BCUT2D eigenvalue weighted by Crippen LogP contribution is 2.29. The van der Waals surface area contributed by atoms with E-state index in [9.17, 15) is 18.4 Å². The van der Waals surface area contributed by atoms with Crippen LogP contribution in [0.5, 0.6) is 0 Å². The van der Waals surface area contributed by atoms with Crippen LogP contribution in [0.25, 0.3) is 22.0 Å². The minimum atomic E-state index is -0.813. The molecule has 7 nitrogen and oxygen atoms in total. The van der Waals surface area contributed by atoms with Gasteiger partial charge in [0.05, 0.1) is 16.9 Å². The van der Waals surface area contributed by atoms with Crippen LogP contribution in [0.2, 0.25) is 0 Å². The van der Waals surface area contributed by atoms with Crippen molar-refractivity contribution in [1.29, 1.82) is 0 Å². The Morgan fingerprint density at radius 2 is 1.74 bits per heavy atom. The molecule has 2 aromatic heterocycles. The average molecular weight is 463 g/mol. The standard InChI is InChI=1S/C25H23F2N5O2/c1-4-32-22-12-23(28-3)29-13-15(22)10-17(24(32)33)16-11-21(19(27)9-14(16)2)31-25(34)30-20-8-6-5-7-18(20)26/h5-13H,4H2,1-3H3,(H,28,29)(H2,30,31,34). The highest BCUT2D eigenvalue weighted by Gasteiger charge is 2.17. The largest absolute Gasteiger partial charge is 0.373 e. The van der Waals surface area contributed by atoms with E-state index in [1.165, 1.54) is 30.3 Å². The minimum absolute atomic E-state index is 0.0402. The molecule has 2 heterocycles. The first kappa shape index (κ1) is 22.9. The summed E-state index contributed by atoms with van der Waals surface area (Å²) in [5.41, 5.74) is 1.63. The molecule has 0 bridgehead atoms. The first-order valence-corrected chi connectivity index (χ1v) is 10.7. The summed E-state index contributed by atoms with van der Waals surface area (Å²) in [4.78, 5) is 30.1. The number of halogens is 2. The van der Waals surface area contributed by atoms with Crippen LogP contribution in [-0.2, 0) is 6.54 Å². The Balaban J connectivity index is 1.76. The number of aromatic nitrogens is 2. The summed E-state index contributed by atoms with van der Waals surface area (Å²) in [6.45, 7) is 3.97. The normalized spacial score (nSPS) is 10.9. The summed E-state index contributed by atoms with van der Waals surface area (Å²) in [5, 5.41) is 8.46. The second kappa shape index (κ2) is 9.30. The maximum atomic E-state index is 14.7. The van der Waals surface area contributed by atoms with E-state index in [2.05, 4.69) is 20.9 Å². The van der Waals surface area contributed by atoms with Crippen LogP contribution in [-0.4, -0.2) is 22.6 Å². The van der Waals surface area contributed by atoms with Gasteiger partial charge in [0.2, 0.25) is 0 Å². The topological polar surface area (TPSA) is 88.1 Å². The number of anilines is 3. The van der Waals surface area contributed by atoms with Crippen LogP contribution in [0, 0.1) is 18.6 Å². The Bertz CT molecular complexity index is 1470. The number of hydrogen-bond acceptors (Lipinski definition) is 4. The van der Waals surface area contributed by atoms with Gasteiger partial charge in [-0.3, -0.25) is 4.79 Å². The van der Waals surface area contributed by atoms with Crippen molar-refractivity contribution in [1.82, 2.24) is 9.55 Å². The zero-order chi connectivity index (χ0) is 24.4. The molecule has 2 amide bonds. The lowest BCUT2D eigenvalue weighted by Gasteiger charge is -2.15. The van der Waals surface area contributed by atoms with Gasteiger partial charge < -0.3 is 20.5 Å². The molecule has 0 fully saturated rings. The van der Waals surface area contributed by atoms with Gasteiger partial charge in [-0.25, -0.2) is 18.6 Å². The van der Waals surface area contributed by atoms with Crippen LogP contribution < -0.4 is 21.5 Å². The van der Waals surface area contributed by atoms with Gasteiger partial charge in [0, 0.05) is 36.8 Å². The lowest BCUT2D eigenvalue weighted by Crippen LogP contribution is -2.23. The summed E-state index contributed by atoms with van der Waals surface area (Å²) in [6, 6.07) is 11.0. The van der Waals surface area contributed by atoms with Gasteiger partial charge in [-0.15, -0.1) is 0 Å². The number of urea groups is 1. The third-order valence-electron chi connectivity index (χ3n) is 5.52. The Kier molecular flexibility index (Phi) is 6.27. The second-order valence-electron chi connectivity index (χ2n) is 7.69. The highest BCUT2D eigenvalue weighted by molar-refractivity contribution is 6.00. The van der Waals surface area contributed by atoms with Gasteiger partial charge in [0.15, 0.2) is 0 Å². The smallest absolute Gasteiger partial charge is 0.323 e. The fourth-order valence-corrected chi connectivity index (χ4v) is 3.81. The van der Waals surface area contributed by atoms with Gasteiger partial charge in [-0.2, -0.15) is 0 Å². The van der Waals surface area contributed by atoms with Crippen LogP contribution in [0.15, 0.2) is 59.5 Å². The third kappa shape index (κ3) is 4.32. The fraction of sp³-hybridized carbons (Fsp3) is 0.160. The number of carbonyl (C=O) groups is 1. The van der Waals surface area contributed by atoms with E-state index in [0.717, 1.165) is 10.9 Å². The molecule has 0 saturated carbocycles. The summed E-state index contributed by atoms with van der Waals surface area (Å²) in [5.74, 6) is -0.664. The van der Waals surface area contributed by atoms with Gasteiger partial charge >= 0.3 is 6.03 Å². The number of fused-ring (bicyclic) bond motifs is 1. The Labute approximate surface area is 194 Å². The van der Waals surface area contributed by atoms with Gasteiger partial charge in [-0.1, -0.05) is 12.1 Å². The first-order valence-electron chi connectivity index (χ1n) is 10.7. The molecular formula is C25H23F2N5O2. The third-order valence-corrected chi connectivity index (χ3v) is 5.52. The van der Waals surface area contributed by atoms with E-state index in [1.54, 1.807) is 42.9 Å². The summed E-state index contributed by atoms with van der Waals surface area (Å²) in [7, 11) is 1.75. The van der Waals surface area contributed by atoms with Crippen molar-refractivity contribution in [2.75, 3.05) is 23.0 Å². The van der Waals surface area contributed by atoms with E-state index in [0.29, 0.717) is 29.1 Å². The second-order valence-corrected chi connectivity index (χ2v) is 7.69. The molecule has 2 aromatic carbocycles. The average Bonchev–Trinajstić information content (AvgIpc) is 2.82. The van der Waals surface area contributed by atoms with Crippen LogP contribution >= 0.6 is 0 Å². The number of hydrogen-bond donors (Lipinski definition) is 3. The number of nitrogens with zero attached hydrogens (tertiary/aromatic N) is 2. The van der Waals surface area contributed by atoms with Crippen molar-refractivity contribution in [3.05, 3.63) is 82.3 Å². The van der Waals surface area contributed by atoms with Gasteiger partial charge in [0.1, 0.15) is 17.5 Å². The molecule has 0 unspecified atom stereocenters. The molecule has 0 aliphatic heterocycles. The number of nitrogens with one attached hydrogen (secondary N) is 3. The van der Waals surface area contributed by atoms with Gasteiger partial charge in [-0.05, 0) is 55.3 Å². The molecule has 34 heavy (non-hydrogen) atoms. The van der Waals surface area contributed by atoms with Gasteiger partial charge in [0.25, 0.3) is 5.56 Å². The Morgan fingerprint density at radius 3 is 2.44 bits per heavy atom. The lowest BCUT2D eigenvalue weighted by atomic mass is 9.99. The Morgan fingerprint density at radius 1 is 1.00 bits per heavy atom. The van der Waals surface area contributed by atoms with Crippen molar-refractivity contribution in [2.24, 2.45) is 0 Å². The summed E-state index contributed by atoms with van der Waals surface area (Å²) in [6.07, 6.45) is 1.66. The molecule has 9 heteroatoms. The molecule has 0 saturated heterocycles. The molecule has 174 valence electrons. The van der Waals surface area contributed by atoms with Crippen molar-refractivity contribution in [3.63, 3.8) is 0 Å². The van der Waals surface area contributed by atoms with E-state index >= 15 is 0 Å². The highest BCUT2D eigenvalue weighted by atomic mass is 19.1. The predicted molar refractivity (Wildman–Crippen MR) is 130 cm³/mol. The van der Waals surface area contributed by atoms with Crippen molar-refractivity contribution >= 4 is 34.1 Å². The lowest BCUT2D eigenvalue weighted by molar-refractivity contribution is 0.262. The molecule has 4 rings (SSSR count). The molecule has 0 spiro atoms. The first-order chi connectivity index (χ1) is 16.3. The number of pyridine rings is 2. The predicted octanol–water partition coefficient (Wildman–Crippen LogP) is 5.36. The minimum Gasteiger partial charge on any atom is -0.373 e.